The molecular weight excluding hydrogens is 344 g/mol. The van der Waals surface area contributed by atoms with Crippen LogP contribution in [0, 0.1) is 10.1 Å². The predicted molar refractivity (Wildman–Crippen MR) is 93.7 cm³/mol. The summed E-state index contributed by atoms with van der Waals surface area (Å²) in [6.07, 6.45) is 3.27. The molecule has 25 heavy (non-hydrogen) atoms. The maximum atomic E-state index is 12.9. The molecule has 2 fully saturated rings. The topological polar surface area (TPSA) is 95.8 Å². The molecule has 0 saturated carbocycles. The van der Waals surface area contributed by atoms with E-state index in [0.717, 1.165) is 30.6 Å². The quantitative estimate of drug-likeness (QED) is 0.643. The Morgan fingerprint density at radius 2 is 1.96 bits per heavy atom. The summed E-state index contributed by atoms with van der Waals surface area (Å²) in [7, 11) is 1.93. The lowest BCUT2D eigenvalue weighted by Gasteiger charge is -2.35. The molecule has 2 saturated heterocycles. The highest BCUT2D eigenvalue weighted by atomic mass is 32.1. The molecule has 1 aromatic heterocycles. The highest BCUT2D eigenvalue weighted by Gasteiger charge is 2.38. The average molecular weight is 366 g/mol. The second-order valence-electron chi connectivity index (χ2n) is 6.44. The number of rotatable bonds is 4. The van der Waals surface area contributed by atoms with Crippen LogP contribution in [0.5, 0.6) is 0 Å². The number of amides is 2. The van der Waals surface area contributed by atoms with Crippen LogP contribution in [0.15, 0.2) is 12.1 Å². The lowest BCUT2D eigenvalue weighted by molar-refractivity contribution is -0.380. The van der Waals surface area contributed by atoms with Crippen molar-refractivity contribution in [1.29, 1.82) is 0 Å². The van der Waals surface area contributed by atoms with Crippen molar-refractivity contribution in [3.8, 4) is 0 Å². The van der Waals surface area contributed by atoms with Gasteiger partial charge in [-0.2, -0.15) is 0 Å². The first-order chi connectivity index (χ1) is 12.0. The van der Waals surface area contributed by atoms with E-state index in [1.165, 1.54) is 12.1 Å². The zero-order valence-corrected chi connectivity index (χ0v) is 15.0. The van der Waals surface area contributed by atoms with Crippen LogP contribution >= 0.6 is 11.3 Å². The van der Waals surface area contributed by atoms with Gasteiger partial charge in [0.1, 0.15) is 6.04 Å². The third-order valence-electron chi connectivity index (χ3n) is 5.00. The first kappa shape index (κ1) is 17.8. The Morgan fingerprint density at radius 3 is 2.56 bits per heavy atom. The first-order valence-electron chi connectivity index (χ1n) is 8.52. The van der Waals surface area contributed by atoms with E-state index in [2.05, 4.69) is 5.32 Å². The van der Waals surface area contributed by atoms with E-state index in [-0.39, 0.29) is 16.8 Å². The number of nitro groups is 1. The van der Waals surface area contributed by atoms with Gasteiger partial charge in [-0.3, -0.25) is 19.7 Å². The molecule has 8 nitrogen and oxygen atoms in total. The number of thiophene rings is 1. The van der Waals surface area contributed by atoms with Crippen molar-refractivity contribution in [3.63, 3.8) is 0 Å². The Hall–Kier alpha value is -2.00. The Labute approximate surface area is 149 Å². The summed E-state index contributed by atoms with van der Waals surface area (Å²) in [5.41, 5.74) is 0. The fraction of sp³-hybridized carbons (Fsp3) is 0.625. The summed E-state index contributed by atoms with van der Waals surface area (Å²) in [6, 6.07) is 2.81. The van der Waals surface area contributed by atoms with Crippen LogP contribution in [0.4, 0.5) is 5.00 Å². The van der Waals surface area contributed by atoms with E-state index in [0.29, 0.717) is 37.0 Å². The standard InChI is InChI=1S/C16H22N4O4S/c1-17-11-6-9-18(10-7-11)15(21)12-3-2-8-19(12)16(22)13-4-5-14(25-13)20(23)24/h4-5,11-12,17H,2-3,6-10H2,1H3. The molecule has 2 aliphatic rings. The molecular formula is C16H22N4O4S. The maximum absolute atomic E-state index is 12.9. The van der Waals surface area contributed by atoms with Crippen molar-refractivity contribution < 1.29 is 14.5 Å². The molecule has 0 bridgehead atoms. The summed E-state index contributed by atoms with van der Waals surface area (Å²) in [5, 5.41) is 14.0. The molecule has 1 aromatic rings. The maximum Gasteiger partial charge on any atom is 0.324 e. The van der Waals surface area contributed by atoms with Gasteiger partial charge in [0, 0.05) is 31.7 Å². The number of nitrogens with zero attached hydrogens (tertiary/aromatic N) is 3. The van der Waals surface area contributed by atoms with Gasteiger partial charge in [-0.1, -0.05) is 11.3 Å². The molecule has 3 heterocycles. The van der Waals surface area contributed by atoms with E-state index < -0.39 is 11.0 Å². The van der Waals surface area contributed by atoms with Gasteiger partial charge < -0.3 is 15.1 Å². The number of likely N-dealkylation sites (tertiary alicyclic amines) is 2. The fourth-order valence-electron chi connectivity index (χ4n) is 3.55. The van der Waals surface area contributed by atoms with Crippen molar-refractivity contribution in [3.05, 3.63) is 27.1 Å². The highest BCUT2D eigenvalue weighted by molar-refractivity contribution is 7.17. The molecule has 0 aromatic carbocycles. The molecule has 136 valence electrons. The van der Waals surface area contributed by atoms with Gasteiger partial charge in [0.15, 0.2) is 0 Å². The minimum absolute atomic E-state index is 0.00598. The van der Waals surface area contributed by atoms with Gasteiger partial charge in [-0.05, 0) is 38.8 Å². The first-order valence-corrected chi connectivity index (χ1v) is 9.34. The molecule has 1 unspecified atom stereocenters. The number of hydrogen-bond donors (Lipinski definition) is 1. The number of piperidine rings is 1. The Balaban J connectivity index is 1.68. The third-order valence-corrected chi connectivity index (χ3v) is 6.02. The summed E-state index contributed by atoms with van der Waals surface area (Å²) >= 11 is 0.865. The highest BCUT2D eigenvalue weighted by Crippen LogP contribution is 2.29. The number of hydrogen-bond acceptors (Lipinski definition) is 6. The second kappa shape index (κ2) is 7.49. The zero-order valence-electron chi connectivity index (χ0n) is 14.1. The molecule has 9 heteroatoms. The van der Waals surface area contributed by atoms with Gasteiger partial charge in [0.2, 0.25) is 5.91 Å². The van der Waals surface area contributed by atoms with E-state index >= 15 is 0 Å². The van der Waals surface area contributed by atoms with Crippen LogP contribution in [0.3, 0.4) is 0 Å². The summed E-state index contributed by atoms with van der Waals surface area (Å²) in [5.74, 6) is -0.273. The van der Waals surface area contributed by atoms with Crippen molar-refractivity contribution in [1.82, 2.24) is 15.1 Å². The van der Waals surface area contributed by atoms with E-state index in [1.807, 2.05) is 11.9 Å². The lowest BCUT2D eigenvalue weighted by atomic mass is 10.0. The summed E-state index contributed by atoms with van der Waals surface area (Å²) in [4.78, 5) is 39.6. The van der Waals surface area contributed by atoms with Gasteiger partial charge in [0.25, 0.3) is 5.91 Å². The number of nitrogens with one attached hydrogen (secondary N) is 1. The average Bonchev–Trinajstić information content (AvgIpc) is 3.30. The van der Waals surface area contributed by atoms with Crippen molar-refractivity contribution in [2.24, 2.45) is 0 Å². The molecule has 2 aliphatic heterocycles. The number of carbonyl (C=O) groups is 2. The lowest BCUT2D eigenvalue weighted by Crippen LogP contribution is -2.51. The SMILES string of the molecule is CNC1CCN(C(=O)C2CCCN2C(=O)c2ccc([N+](=O)[O-])s2)CC1. The summed E-state index contributed by atoms with van der Waals surface area (Å²) < 4.78 is 0. The molecule has 1 N–H and O–H groups in total. The summed E-state index contributed by atoms with van der Waals surface area (Å²) in [6.45, 7) is 1.93. The van der Waals surface area contributed by atoms with Gasteiger partial charge in [-0.25, -0.2) is 0 Å². The largest absolute Gasteiger partial charge is 0.341 e. The molecule has 3 rings (SSSR count). The fourth-order valence-corrected chi connectivity index (χ4v) is 4.32. The van der Waals surface area contributed by atoms with Crippen LogP contribution in [-0.2, 0) is 4.79 Å². The Bertz CT molecular complexity index is 669. The van der Waals surface area contributed by atoms with E-state index in [4.69, 9.17) is 0 Å². The molecule has 1 atom stereocenters. The van der Waals surface area contributed by atoms with Gasteiger partial charge in [-0.15, -0.1) is 0 Å². The monoisotopic (exact) mass is 366 g/mol. The second-order valence-corrected chi connectivity index (χ2v) is 7.50. The van der Waals surface area contributed by atoms with Gasteiger partial charge >= 0.3 is 5.00 Å². The minimum atomic E-state index is -0.500. The van der Waals surface area contributed by atoms with Gasteiger partial charge in [0.05, 0.1) is 9.80 Å². The predicted octanol–water partition coefficient (Wildman–Crippen LogP) is 1.47. The smallest absolute Gasteiger partial charge is 0.324 e. The molecule has 0 aliphatic carbocycles. The third kappa shape index (κ3) is 3.67. The Morgan fingerprint density at radius 1 is 1.24 bits per heavy atom. The van der Waals surface area contributed by atoms with Crippen LogP contribution in [-0.4, -0.2) is 65.3 Å². The van der Waals surface area contributed by atoms with Crippen LogP contribution in [0.1, 0.15) is 35.4 Å². The normalized spacial score (nSPS) is 21.6. The Kier molecular flexibility index (Phi) is 5.33. The van der Waals surface area contributed by atoms with Crippen molar-refractivity contribution in [2.45, 2.75) is 37.8 Å². The molecule has 2 amide bonds. The zero-order chi connectivity index (χ0) is 18.0. The van der Waals surface area contributed by atoms with E-state index in [1.54, 1.807) is 4.90 Å². The molecule has 0 spiro atoms. The number of carbonyl (C=O) groups excluding carboxylic acids is 2. The van der Waals surface area contributed by atoms with Crippen LogP contribution in [0.25, 0.3) is 0 Å². The van der Waals surface area contributed by atoms with Crippen LogP contribution < -0.4 is 5.32 Å². The van der Waals surface area contributed by atoms with Crippen molar-refractivity contribution >= 4 is 28.2 Å². The van der Waals surface area contributed by atoms with Crippen LogP contribution in [0.2, 0.25) is 0 Å². The molecule has 0 radical (unpaired) electrons. The minimum Gasteiger partial charge on any atom is -0.341 e. The van der Waals surface area contributed by atoms with E-state index in [9.17, 15) is 19.7 Å². The van der Waals surface area contributed by atoms with Crippen molar-refractivity contribution in [2.75, 3.05) is 26.7 Å².